The molecule has 27 heavy (non-hydrogen) atoms. The SMILES string of the molecule is C[C@@H](C(=O)NC1CCCC1)[NH+]1CCN(S(=O)(=O)c2ccc(F)cc2F)CC1. The van der Waals surface area contributed by atoms with E-state index in [1.54, 1.807) is 0 Å². The lowest BCUT2D eigenvalue weighted by molar-refractivity contribution is -0.917. The number of hydrogen-bond donors (Lipinski definition) is 2. The van der Waals surface area contributed by atoms with Crippen LogP contribution >= 0.6 is 0 Å². The van der Waals surface area contributed by atoms with Crippen molar-refractivity contribution in [2.75, 3.05) is 26.2 Å². The Morgan fingerprint density at radius 2 is 1.85 bits per heavy atom. The van der Waals surface area contributed by atoms with Crippen LogP contribution in [0.15, 0.2) is 23.1 Å². The fraction of sp³-hybridized carbons (Fsp3) is 0.611. The zero-order valence-corrected chi connectivity index (χ0v) is 16.2. The maximum absolute atomic E-state index is 13.9. The molecule has 1 aromatic carbocycles. The molecule has 2 aliphatic rings. The molecule has 1 aromatic rings. The van der Waals surface area contributed by atoms with Gasteiger partial charge in [0.1, 0.15) is 16.5 Å². The highest BCUT2D eigenvalue weighted by Crippen LogP contribution is 2.20. The lowest BCUT2D eigenvalue weighted by Gasteiger charge is -2.34. The van der Waals surface area contributed by atoms with E-state index in [9.17, 15) is 22.0 Å². The molecule has 2 N–H and O–H groups in total. The summed E-state index contributed by atoms with van der Waals surface area (Å²) in [6.07, 6.45) is 4.32. The van der Waals surface area contributed by atoms with Crippen LogP contribution in [-0.2, 0) is 14.8 Å². The number of quaternary nitrogens is 1. The molecule has 2 fully saturated rings. The minimum Gasteiger partial charge on any atom is -0.348 e. The lowest BCUT2D eigenvalue weighted by atomic mass is 10.2. The van der Waals surface area contributed by atoms with Crippen LogP contribution in [-0.4, -0.2) is 56.9 Å². The van der Waals surface area contributed by atoms with Crippen molar-refractivity contribution in [3.05, 3.63) is 29.8 Å². The smallest absolute Gasteiger partial charge is 0.278 e. The van der Waals surface area contributed by atoms with Gasteiger partial charge in [-0.05, 0) is 31.9 Å². The molecule has 1 aliphatic carbocycles. The number of sulfonamides is 1. The number of piperazine rings is 1. The minimum atomic E-state index is -4.02. The van der Waals surface area contributed by atoms with Gasteiger partial charge in [0, 0.05) is 12.1 Å². The Bertz CT molecular complexity index is 789. The first kappa shape index (κ1) is 20.2. The van der Waals surface area contributed by atoms with Crippen molar-refractivity contribution in [3.8, 4) is 0 Å². The largest absolute Gasteiger partial charge is 0.348 e. The highest BCUT2D eigenvalue weighted by atomic mass is 32.2. The van der Waals surface area contributed by atoms with Crippen molar-refractivity contribution in [1.29, 1.82) is 0 Å². The third-order valence-electron chi connectivity index (χ3n) is 5.58. The summed E-state index contributed by atoms with van der Waals surface area (Å²) in [4.78, 5) is 12.9. The van der Waals surface area contributed by atoms with Crippen molar-refractivity contribution >= 4 is 15.9 Å². The zero-order chi connectivity index (χ0) is 19.6. The van der Waals surface area contributed by atoms with E-state index in [2.05, 4.69) is 5.32 Å². The van der Waals surface area contributed by atoms with Gasteiger partial charge in [-0.1, -0.05) is 12.8 Å². The zero-order valence-electron chi connectivity index (χ0n) is 15.4. The van der Waals surface area contributed by atoms with Crippen molar-refractivity contribution in [3.63, 3.8) is 0 Å². The van der Waals surface area contributed by atoms with Gasteiger partial charge in [0.15, 0.2) is 6.04 Å². The van der Waals surface area contributed by atoms with Crippen molar-refractivity contribution in [1.82, 2.24) is 9.62 Å². The average molecular weight is 402 g/mol. The van der Waals surface area contributed by atoms with Crippen LogP contribution in [0.3, 0.4) is 0 Å². The molecule has 3 rings (SSSR count). The maximum atomic E-state index is 13.9. The fourth-order valence-electron chi connectivity index (χ4n) is 3.85. The van der Waals surface area contributed by atoms with Crippen LogP contribution in [0.25, 0.3) is 0 Å². The molecular weight excluding hydrogens is 376 g/mol. The van der Waals surface area contributed by atoms with E-state index in [1.165, 1.54) is 4.31 Å². The van der Waals surface area contributed by atoms with Gasteiger partial charge in [-0.15, -0.1) is 0 Å². The van der Waals surface area contributed by atoms with Crippen molar-refractivity contribution in [2.45, 2.75) is 49.6 Å². The van der Waals surface area contributed by atoms with Gasteiger partial charge >= 0.3 is 0 Å². The second-order valence-electron chi connectivity index (χ2n) is 7.35. The summed E-state index contributed by atoms with van der Waals surface area (Å²) in [7, 11) is -4.02. The molecule has 0 radical (unpaired) electrons. The van der Waals surface area contributed by atoms with Gasteiger partial charge in [-0.2, -0.15) is 4.31 Å². The fourth-order valence-corrected chi connectivity index (χ4v) is 5.34. The summed E-state index contributed by atoms with van der Waals surface area (Å²) in [6.45, 7) is 3.15. The van der Waals surface area contributed by atoms with Crippen LogP contribution in [0.2, 0.25) is 0 Å². The summed E-state index contributed by atoms with van der Waals surface area (Å²) in [5.41, 5.74) is 0. The first-order valence-corrected chi connectivity index (χ1v) is 10.8. The topological polar surface area (TPSA) is 70.9 Å². The molecule has 0 bridgehead atoms. The highest BCUT2D eigenvalue weighted by Gasteiger charge is 2.36. The van der Waals surface area contributed by atoms with E-state index in [0.717, 1.165) is 42.7 Å². The van der Waals surface area contributed by atoms with Crippen LogP contribution in [0, 0.1) is 11.6 Å². The number of hydrogen-bond acceptors (Lipinski definition) is 3. The van der Waals surface area contributed by atoms with Crippen LogP contribution in [0.5, 0.6) is 0 Å². The third kappa shape index (κ3) is 4.47. The van der Waals surface area contributed by atoms with Gasteiger partial charge in [-0.3, -0.25) is 4.79 Å². The Morgan fingerprint density at radius 1 is 1.22 bits per heavy atom. The molecule has 1 saturated heterocycles. The number of nitrogens with zero attached hydrogens (tertiary/aromatic N) is 1. The second kappa shape index (κ2) is 8.20. The standard InChI is InChI=1S/C18H25F2N3O3S/c1-13(18(24)21-15-4-2-3-5-15)22-8-10-23(11-9-22)27(25,26)17-7-6-14(19)12-16(17)20/h6-7,12-13,15H,2-5,8-11H2,1H3,(H,21,24)/p+1/t13-/m0/s1. The lowest BCUT2D eigenvalue weighted by Crippen LogP contribution is -3.19. The second-order valence-corrected chi connectivity index (χ2v) is 9.26. The first-order valence-electron chi connectivity index (χ1n) is 9.39. The Hall–Kier alpha value is -1.58. The van der Waals surface area contributed by atoms with Crippen molar-refractivity contribution in [2.24, 2.45) is 0 Å². The molecule has 1 aliphatic heterocycles. The Morgan fingerprint density at radius 3 is 2.44 bits per heavy atom. The number of carbonyl (C=O) groups is 1. The Labute approximate surface area is 158 Å². The summed E-state index contributed by atoms with van der Waals surface area (Å²) >= 11 is 0. The van der Waals surface area contributed by atoms with Crippen LogP contribution in [0.1, 0.15) is 32.6 Å². The van der Waals surface area contributed by atoms with E-state index >= 15 is 0 Å². The predicted molar refractivity (Wildman–Crippen MR) is 95.7 cm³/mol. The third-order valence-corrected chi connectivity index (χ3v) is 7.52. The predicted octanol–water partition coefficient (Wildman–Crippen LogP) is 0.301. The Balaban J connectivity index is 1.59. The van der Waals surface area contributed by atoms with Gasteiger partial charge in [0.25, 0.3) is 5.91 Å². The number of halogens is 2. The van der Waals surface area contributed by atoms with Crippen LogP contribution < -0.4 is 10.2 Å². The molecule has 0 aromatic heterocycles. The van der Waals surface area contributed by atoms with E-state index in [1.807, 2.05) is 6.92 Å². The summed E-state index contributed by atoms with van der Waals surface area (Å²) in [5, 5.41) is 3.08. The molecular formula is C18H26F2N3O3S+. The molecule has 6 nitrogen and oxygen atoms in total. The normalized spacial score (nSPS) is 21.3. The van der Waals surface area contributed by atoms with E-state index in [-0.39, 0.29) is 31.1 Å². The van der Waals surface area contributed by atoms with Gasteiger partial charge < -0.3 is 10.2 Å². The number of rotatable bonds is 5. The van der Waals surface area contributed by atoms with Crippen molar-refractivity contribution < 1.29 is 26.9 Å². The highest BCUT2D eigenvalue weighted by molar-refractivity contribution is 7.89. The van der Waals surface area contributed by atoms with E-state index < -0.39 is 26.6 Å². The minimum absolute atomic E-state index is 0.00205. The molecule has 1 atom stereocenters. The quantitative estimate of drug-likeness (QED) is 0.744. The molecule has 9 heteroatoms. The van der Waals surface area contributed by atoms with E-state index in [0.29, 0.717) is 19.2 Å². The molecule has 1 amide bonds. The van der Waals surface area contributed by atoms with Gasteiger partial charge in [0.05, 0.1) is 26.2 Å². The summed E-state index contributed by atoms with van der Waals surface area (Å²) < 4.78 is 53.4. The molecule has 1 saturated carbocycles. The first-order chi connectivity index (χ1) is 12.8. The number of nitrogens with one attached hydrogen (secondary N) is 2. The summed E-state index contributed by atoms with van der Waals surface area (Å²) in [5.74, 6) is -1.91. The monoisotopic (exact) mass is 402 g/mol. The van der Waals surface area contributed by atoms with E-state index in [4.69, 9.17) is 0 Å². The number of benzene rings is 1. The van der Waals surface area contributed by atoms with Crippen LogP contribution in [0.4, 0.5) is 8.78 Å². The number of amides is 1. The molecule has 0 unspecified atom stereocenters. The Kier molecular flexibility index (Phi) is 6.12. The maximum Gasteiger partial charge on any atom is 0.278 e. The molecule has 0 spiro atoms. The number of carbonyl (C=O) groups excluding carboxylic acids is 1. The summed E-state index contributed by atoms with van der Waals surface area (Å²) in [6, 6.07) is 2.45. The average Bonchev–Trinajstić information content (AvgIpc) is 3.14. The van der Waals surface area contributed by atoms with Gasteiger partial charge in [0.2, 0.25) is 10.0 Å². The molecule has 150 valence electrons. The van der Waals surface area contributed by atoms with Gasteiger partial charge in [-0.25, -0.2) is 17.2 Å². The molecule has 1 heterocycles.